The van der Waals surface area contributed by atoms with Crippen LogP contribution in [-0.2, 0) is 14.8 Å². The highest BCUT2D eigenvalue weighted by atomic mass is 35.5. The van der Waals surface area contributed by atoms with Gasteiger partial charge in [0.05, 0.1) is 17.0 Å². The van der Waals surface area contributed by atoms with Gasteiger partial charge in [-0.05, 0) is 24.3 Å². The molecule has 2 heterocycles. The summed E-state index contributed by atoms with van der Waals surface area (Å²) in [4.78, 5) is 27.4. The van der Waals surface area contributed by atoms with E-state index in [0.29, 0.717) is 0 Å². The Hall–Kier alpha value is -2.90. The van der Waals surface area contributed by atoms with Crippen molar-refractivity contribution in [3.63, 3.8) is 0 Å². The number of nitrogens with one attached hydrogen (secondary N) is 2. The summed E-state index contributed by atoms with van der Waals surface area (Å²) in [7, 11) is -3.97. The molecule has 1 aromatic heterocycles. The lowest BCUT2D eigenvalue weighted by Crippen LogP contribution is -2.49. The Morgan fingerprint density at radius 1 is 1.31 bits per heavy atom. The molecule has 1 saturated heterocycles. The van der Waals surface area contributed by atoms with Crippen LogP contribution in [0.2, 0.25) is 5.02 Å². The highest BCUT2D eigenvalue weighted by Gasteiger charge is 2.30. The molecular weight excluding hydrogens is 477 g/mol. The first-order chi connectivity index (χ1) is 15.0. The molecule has 3 rings (SSSR count). The van der Waals surface area contributed by atoms with Crippen LogP contribution in [-0.4, -0.2) is 61.9 Å². The fraction of sp³-hybridized carbons (Fsp3) is 0.278. The first kappa shape index (κ1) is 23.8. The lowest BCUT2D eigenvalue weighted by Gasteiger charge is -2.26. The van der Waals surface area contributed by atoms with E-state index < -0.39 is 40.5 Å². The number of nitrogens with zero attached hydrogens (tertiary/aromatic N) is 2. The van der Waals surface area contributed by atoms with Gasteiger partial charge in [-0.15, -0.1) is 0 Å². The third-order valence-corrected chi connectivity index (χ3v) is 6.29. The number of alkyl halides is 3. The number of halogens is 4. The smallest absolute Gasteiger partial charge is 0.422 e. The molecule has 1 aliphatic rings. The molecule has 0 atom stereocenters. The van der Waals surface area contributed by atoms with Crippen molar-refractivity contribution < 1.29 is 35.9 Å². The van der Waals surface area contributed by atoms with Crippen LogP contribution in [0, 0.1) is 0 Å². The minimum Gasteiger partial charge on any atom is -0.467 e. The molecule has 0 spiro atoms. The summed E-state index contributed by atoms with van der Waals surface area (Å²) in [6.45, 7) is -1.61. The first-order valence-electron chi connectivity index (χ1n) is 8.99. The number of carbonyl (C=O) groups excluding carboxylic acids is 2. The number of benzene rings is 1. The standard InChI is InChI=1S/C18H16ClF3N4O5S/c19-14-6-11(8-24-17(14)31-10-18(20,21)22)16(28)25-12-2-1-3-13(7-12)32(29,30)26-5-4-23-15(27)9-26/h1-3,6-8H,4-5,9-10H2,(H,23,27)(H,25,28). The van der Waals surface area contributed by atoms with Crippen molar-refractivity contribution in [3.05, 3.63) is 47.1 Å². The largest absolute Gasteiger partial charge is 0.467 e. The molecule has 1 aliphatic heterocycles. The molecule has 0 unspecified atom stereocenters. The van der Waals surface area contributed by atoms with Gasteiger partial charge in [0.15, 0.2) is 6.61 Å². The predicted octanol–water partition coefficient (Wildman–Crippen LogP) is 2.05. The number of carbonyl (C=O) groups is 2. The van der Waals surface area contributed by atoms with Crippen molar-refractivity contribution in [2.75, 3.05) is 31.6 Å². The molecule has 32 heavy (non-hydrogen) atoms. The number of hydrogen-bond donors (Lipinski definition) is 2. The van der Waals surface area contributed by atoms with Gasteiger partial charge in [0.25, 0.3) is 5.91 Å². The van der Waals surface area contributed by atoms with E-state index in [1.807, 2.05) is 0 Å². The van der Waals surface area contributed by atoms with Gasteiger partial charge in [0.2, 0.25) is 21.8 Å². The first-order valence-corrected chi connectivity index (χ1v) is 10.8. The second-order valence-corrected chi connectivity index (χ2v) is 8.93. The van der Waals surface area contributed by atoms with E-state index in [2.05, 4.69) is 20.4 Å². The van der Waals surface area contributed by atoms with E-state index in [0.717, 1.165) is 16.6 Å². The molecule has 0 saturated carbocycles. The van der Waals surface area contributed by atoms with Crippen LogP contribution in [0.25, 0.3) is 0 Å². The van der Waals surface area contributed by atoms with Gasteiger partial charge in [0.1, 0.15) is 5.02 Å². The summed E-state index contributed by atoms with van der Waals surface area (Å²) in [5, 5.41) is 4.69. The van der Waals surface area contributed by atoms with Crippen LogP contribution >= 0.6 is 11.6 Å². The highest BCUT2D eigenvalue weighted by Crippen LogP contribution is 2.26. The lowest BCUT2D eigenvalue weighted by molar-refractivity contribution is -0.154. The molecule has 2 amide bonds. The van der Waals surface area contributed by atoms with Crippen molar-refractivity contribution >= 4 is 39.1 Å². The Labute approximate surface area is 185 Å². The highest BCUT2D eigenvalue weighted by molar-refractivity contribution is 7.89. The monoisotopic (exact) mass is 492 g/mol. The molecule has 0 radical (unpaired) electrons. The van der Waals surface area contributed by atoms with E-state index in [9.17, 15) is 31.2 Å². The maximum atomic E-state index is 12.8. The zero-order valence-corrected chi connectivity index (χ0v) is 17.7. The number of aromatic nitrogens is 1. The molecular formula is C18H16ClF3N4O5S. The van der Waals surface area contributed by atoms with Gasteiger partial charge in [-0.25, -0.2) is 13.4 Å². The average Bonchev–Trinajstić information content (AvgIpc) is 2.72. The molecule has 0 bridgehead atoms. The van der Waals surface area contributed by atoms with E-state index >= 15 is 0 Å². The van der Waals surface area contributed by atoms with Crippen LogP contribution in [0.15, 0.2) is 41.4 Å². The van der Waals surface area contributed by atoms with Crippen LogP contribution < -0.4 is 15.4 Å². The number of hydrogen-bond acceptors (Lipinski definition) is 6. The minimum absolute atomic E-state index is 0.0877. The maximum Gasteiger partial charge on any atom is 0.422 e. The van der Waals surface area contributed by atoms with Crippen molar-refractivity contribution in [2.45, 2.75) is 11.1 Å². The van der Waals surface area contributed by atoms with Crippen molar-refractivity contribution in [1.29, 1.82) is 0 Å². The zero-order valence-electron chi connectivity index (χ0n) is 16.1. The van der Waals surface area contributed by atoms with Crippen LogP contribution in [0.3, 0.4) is 0 Å². The summed E-state index contributed by atoms with van der Waals surface area (Å²) in [5.41, 5.74) is 0.0429. The summed E-state index contributed by atoms with van der Waals surface area (Å²) >= 11 is 5.84. The minimum atomic E-state index is -4.58. The van der Waals surface area contributed by atoms with E-state index in [1.165, 1.54) is 24.3 Å². The predicted molar refractivity (Wildman–Crippen MR) is 107 cm³/mol. The zero-order chi connectivity index (χ0) is 23.5. The number of ether oxygens (including phenoxy) is 1. The van der Waals surface area contributed by atoms with Gasteiger partial charge in [-0.1, -0.05) is 17.7 Å². The fourth-order valence-electron chi connectivity index (χ4n) is 2.71. The van der Waals surface area contributed by atoms with Gasteiger partial charge in [0, 0.05) is 25.0 Å². The SMILES string of the molecule is O=C1CN(S(=O)(=O)c2cccc(NC(=O)c3cnc(OCC(F)(F)F)c(Cl)c3)c2)CCN1. The fourth-order valence-corrected chi connectivity index (χ4v) is 4.38. The number of rotatable bonds is 6. The quantitative estimate of drug-likeness (QED) is 0.637. The Kier molecular flexibility index (Phi) is 6.91. The Bertz CT molecular complexity index is 1140. The van der Waals surface area contributed by atoms with E-state index in [-0.39, 0.29) is 40.8 Å². The number of pyridine rings is 1. The second kappa shape index (κ2) is 9.30. The van der Waals surface area contributed by atoms with Crippen LogP contribution in [0.5, 0.6) is 5.88 Å². The van der Waals surface area contributed by atoms with Gasteiger partial charge >= 0.3 is 6.18 Å². The summed E-state index contributed by atoms with van der Waals surface area (Å²) in [5.74, 6) is -1.64. The second-order valence-electron chi connectivity index (χ2n) is 6.59. The van der Waals surface area contributed by atoms with Crippen molar-refractivity contribution in [2.24, 2.45) is 0 Å². The Balaban J connectivity index is 1.73. The van der Waals surface area contributed by atoms with E-state index in [1.54, 1.807) is 0 Å². The average molecular weight is 493 g/mol. The Morgan fingerprint density at radius 2 is 2.06 bits per heavy atom. The number of sulfonamides is 1. The number of piperazine rings is 1. The van der Waals surface area contributed by atoms with Gasteiger partial charge < -0.3 is 15.4 Å². The lowest BCUT2D eigenvalue weighted by atomic mass is 10.2. The third kappa shape index (κ3) is 5.87. The van der Waals surface area contributed by atoms with Gasteiger partial charge in [-0.2, -0.15) is 17.5 Å². The summed E-state index contributed by atoms with van der Waals surface area (Å²) in [6, 6.07) is 6.46. The molecule has 172 valence electrons. The molecule has 2 aromatic rings. The number of anilines is 1. The third-order valence-electron chi connectivity index (χ3n) is 4.18. The molecule has 1 aromatic carbocycles. The topological polar surface area (TPSA) is 118 Å². The van der Waals surface area contributed by atoms with E-state index in [4.69, 9.17) is 11.6 Å². The molecule has 14 heteroatoms. The van der Waals surface area contributed by atoms with Gasteiger partial charge in [-0.3, -0.25) is 9.59 Å². The van der Waals surface area contributed by atoms with Crippen molar-refractivity contribution in [1.82, 2.24) is 14.6 Å². The number of amides is 2. The molecule has 9 nitrogen and oxygen atoms in total. The maximum absolute atomic E-state index is 12.8. The molecule has 1 fully saturated rings. The summed E-state index contributed by atoms with van der Waals surface area (Å²) in [6.07, 6.45) is -3.61. The Morgan fingerprint density at radius 3 is 2.72 bits per heavy atom. The summed E-state index contributed by atoms with van der Waals surface area (Å²) < 4.78 is 67.8. The normalized spacial score (nSPS) is 15.2. The van der Waals surface area contributed by atoms with Crippen LogP contribution in [0.4, 0.5) is 18.9 Å². The van der Waals surface area contributed by atoms with Crippen LogP contribution in [0.1, 0.15) is 10.4 Å². The molecule has 2 N–H and O–H groups in total. The molecule has 0 aliphatic carbocycles. The van der Waals surface area contributed by atoms with Crippen molar-refractivity contribution in [3.8, 4) is 5.88 Å².